The van der Waals surface area contributed by atoms with E-state index in [0.717, 1.165) is 6.42 Å². The van der Waals surface area contributed by atoms with Crippen LogP contribution in [0.2, 0.25) is 0 Å². The molecule has 1 aliphatic rings. The molecule has 0 aromatic heterocycles. The van der Waals surface area contributed by atoms with Crippen molar-refractivity contribution in [2.75, 3.05) is 32.9 Å². The van der Waals surface area contributed by atoms with Gasteiger partial charge in [-0.25, -0.2) is 0 Å². The summed E-state index contributed by atoms with van der Waals surface area (Å²) >= 11 is 0. The lowest BCUT2D eigenvalue weighted by atomic mass is 10.2. The van der Waals surface area contributed by atoms with Gasteiger partial charge in [-0.3, -0.25) is 14.9 Å². The van der Waals surface area contributed by atoms with Gasteiger partial charge in [-0.1, -0.05) is 6.92 Å². The number of ether oxygens (including phenoxy) is 2. The molecule has 16 heavy (non-hydrogen) atoms. The molecule has 6 heteroatoms. The highest BCUT2D eigenvalue weighted by molar-refractivity contribution is 5.83. The molecule has 0 bridgehead atoms. The largest absolute Gasteiger partial charge is 0.462 e. The number of carbonyl (C=O) groups excluding carboxylic acids is 2. The number of piperazine rings is 1. The Balaban J connectivity index is 2.08. The first kappa shape index (κ1) is 12.9. The van der Waals surface area contributed by atoms with Crippen LogP contribution in [0.25, 0.3) is 0 Å². The van der Waals surface area contributed by atoms with Gasteiger partial charge in [0.15, 0.2) is 0 Å². The molecule has 0 spiro atoms. The number of amides is 1. The summed E-state index contributed by atoms with van der Waals surface area (Å²) in [6.07, 6.45) is 0.949. The topological polar surface area (TPSA) is 76.7 Å². The molecule has 1 fully saturated rings. The maximum absolute atomic E-state index is 11.4. The highest BCUT2D eigenvalue weighted by atomic mass is 16.6. The van der Waals surface area contributed by atoms with Gasteiger partial charge in [-0.2, -0.15) is 0 Å². The van der Waals surface area contributed by atoms with E-state index in [9.17, 15) is 9.59 Å². The molecule has 1 amide bonds. The monoisotopic (exact) mass is 230 g/mol. The Morgan fingerprint density at radius 3 is 2.88 bits per heavy atom. The maximum Gasteiger partial charge on any atom is 0.325 e. The van der Waals surface area contributed by atoms with E-state index >= 15 is 0 Å². The molecular weight excluding hydrogens is 212 g/mol. The van der Waals surface area contributed by atoms with Crippen molar-refractivity contribution in [3.05, 3.63) is 0 Å². The summed E-state index contributed by atoms with van der Waals surface area (Å²) < 4.78 is 10.2. The third-order valence-corrected chi connectivity index (χ3v) is 2.12. The summed E-state index contributed by atoms with van der Waals surface area (Å²) in [5.74, 6) is -0.449. The predicted molar refractivity (Wildman–Crippen MR) is 56.9 cm³/mol. The number of carbonyl (C=O) groups is 2. The Bertz CT molecular complexity index is 235. The van der Waals surface area contributed by atoms with Gasteiger partial charge < -0.3 is 14.8 Å². The van der Waals surface area contributed by atoms with E-state index in [2.05, 4.69) is 10.6 Å². The van der Waals surface area contributed by atoms with E-state index in [4.69, 9.17) is 9.47 Å². The number of nitrogens with one attached hydrogen (secondary N) is 2. The van der Waals surface area contributed by atoms with E-state index in [1.54, 1.807) is 0 Å². The van der Waals surface area contributed by atoms with Gasteiger partial charge in [0.2, 0.25) is 5.91 Å². The van der Waals surface area contributed by atoms with E-state index < -0.39 is 6.04 Å². The van der Waals surface area contributed by atoms with Crippen LogP contribution < -0.4 is 10.6 Å². The first-order valence-corrected chi connectivity index (χ1v) is 5.48. The van der Waals surface area contributed by atoms with Gasteiger partial charge in [0.05, 0.1) is 13.2 Å². The molecule has 1 heterocycles. The van der Waals surface area contributed by atoms with Crippen molar-refractivity contribution >= 4 is 11.9 Å². The first-order valence-electron chi connectivity index (χ1n) is 5.48. The van der Waals surface area contributed by atoms with Gasteiger partial charge in [0.25, 0.3) is 0 Å². The molecule has 2 N–H and O–H groups in total. The fraction of sp³-hybridized carbons (Fsp3) is 0.800. The molecule has 1 rings (SSSR count). The average Bonchev–Trinajstić information content (AvgIpc) is 2.29. The maximum atomic E-state index is 11.4. The van der Waals surface area contributed by atoms with Crippen molar-refractivity contribution in [2.45, 2.75) is 19.4 Å². The van der Waals surface area contributed by atoms with Crippen molar-refractivity contribution in [3.8, 4) is 0 Å². The molecular formula is C10H18N2O4. The van der Waals surface area contributed by atoms with Crippen molar-refractivity contribution in [2.24, 2.45) is 0 Å². The second-order valence-electron chi connectivity index (χ2n) is 3.52. The van der Waals surface area contributed by atoms with E-state index in [1.807, 2.05) is 6.92 Å². The van der Waals surface area contributed by atoms with Crippen molar-refractivity contribution in [1.29, 1.82) is 0 Å². The third-order valence-electron chi connectivity index (χ3n) is 2.12. The van der Waals surface area contributed by atoms with Crippen LogP contribution in [-0.2, 0) is 19.1 Å². The van der Waals surface area contributed by atoms with Crippen LogP contribution >= 0.6 is 0 Å². The smallest absolute Gasteiger partial charge is 0.325 e. The SMILES string of the molecule is CCCOCCOC(=O)C1CNC(=O)CN1. The van der Waals surface area contributed by atoms with Crippen LogP contribution in [0, 0.1) is 0 Å². The van der Waals surface area contributed by atoms with Gasteiger partial charge >= 0.3 is 5.97 Å². The molecule has 1 saturated heterocycles. The van der Waals surface area contributed by atoms with Crippen LogP contribution in [0.5, 0.6) is 0 Å². The van der Waals surface area contributed by atoms with E-state index in [-0.39, 0.29) is 31.6 Å². The van der Waals surface area contributed by atoms with Gasteiger partial charge in [0.1, 0.15) is 12.6 Å². The van der Waals surface area contributed by atoms with E-state index in [0.29, 0.717) is 13.2 Å². The Hall–Kier alpha value is -1.14. The highest BCUT2D eigenvalue weighted by Crippen LogP contribution is 1.93. The minimum Gasteiger partial charge on any atom is -0.462 e. The Kier molecular flexibility index (Phi) is 5.81. The quantitative estimate of drug-likeness (QED) is 0.454. The number of rotatable bonds is 6. The fourth-order valence-corrected chi connectivity index (χ4v) is 1.28. The fourth-order valence-electron chi connectivity index (χ4n) is 1.28. The molecule has 0 radical (unpaired) electrons. The summed E-state index contributed by atoms with van der Waals surface area (Å²) in [6.45, 7) is 3.80. The summed E-state index contributed by atoms with van der Waals surface area (Å²) in [4.78, 5) is 22.3. The second kappa shape index (κ2) is 7.19. The summed E-state index contributed by atoms with van der Waals surface area (Å²) in [6, 6.07) is -0.441. The highest BCUT2D eigenvalue weighted by Gasteiger charge is 2.24. The summed E-state index contributed by atoms with van der Waals surface area (Å²) in [5.41, 5.74) is 0. The van der Waals surface area contributed by atoms with Gasteiger partial charge in [0, 0.05) is 13.2 Å². The molecule has 1 atom stereocenters. The van der Waals surface area contributed by atoms with E-state index in [1.165, 1.54) is 0 Å². The molecule has 1 aliphatic heterocycles. The summed E-state index contributed by atoms with van der Waals surface area (Å²) in [7, 11) is 0. The Morgan fingerprint density at radius 2 is 2.25 bits per heavy atom. The lowest BCUT2D eigenvalue weighted by Crippen LogP contribution is -2.55. The first-order chi connectivity index (χ1) is 7.74. The molecule has 1 unspecified atom stereocenters. The van der Waals surface area contributed by atoms with Crippen LogP contribution in [-0.4, -0.2) is 50.8 Å². The molecule has 6 nitrogen and oxygen atoms in total. The molecule has 0 aliphatic carbocycles. The van der Waals surface area contributed by atoms with Crippen molar-refractivity contribution in [3.63, 3.8) is 0 Å². The Morgan fingerprint density at radius 1 is 1.44 bits per heavy atom. The van der Waals surface area contributed by atoms with Crippen molar-refractivity contribution < 1.29 is 19.1 Å². The van der Waals surface area contributed by atoms with Crippen LogP contribution in [0.4, 0.5) is 0 Å². The number of esters is 1. The second-order valence-corrected chi connectivity index (χ2v) is 3.52. The lowest BCUT2D eigenvalue weighted by Gasteiger charge is -2.22. The van der Waals surface area contributed by atoms with Crippen LogP contribution in [0.1, 0.15) is 13.3 Å². The zero-order chi connectivity index (χ0) is 11.8. The lowest BCUT2D eigenvalue weighted by molar-refractivity contribution is -0.148. The van der Waals surface area contributed by atoms with Gasteiger partial charge in [-0.15, -0.1) is 0 Å². The van der Waals surface area contributed by atoms with Crippen molar-refractivity contribution in [1.82, 2.24) is 10.6 Å². The minimum absolute atomic E-state index is 0.102. The normalized spacial score (nSPS) is 20.3. The number of hydrogen-bond acceptors (Lipinski definition) is 5. The zero-order valence-corrected chi connectivity index (χ0v) is 9.45. The predicted octanol–water partition coefficient (Wildman–Crippen LogP) is -0.956. The molecule has 92 valence electrons. The molecule has 0 saturated carbocycles. The third kappa shape index (κ3) is 4.59. The zero-order valence-electron chi connectivity index (χ0n) is 9.45. The van der Waals surface area contributed by atoms with Crippen LogP contribution in [0.3, 0.4) is 0 Å². The average molecular weight is 230 g/mol. The number of hydrogen-bond donors (Lipinski definition) is 2. The minimum atomic E-state index is -0.441. The summed E-state index contributed by atoms with van der Waals surface area (Å²) in [5, 5.41) is 5.38. The molecule has 0 aromatic carbocycles. The molecule has 0 aromatic rings. The standard InChI is InChI=1S/C10H18N2O4/c1-2-3-15-4-5-16-10(14)8-6-12-9(13)7-11-8/h8,11H,2-7H2,1H3,(H,12,13). The van der Waals surface area contributed by atoms with Crippen LogP contribution in [0.15, 0.2) is 0 Å². The van der Waals surface area contributed by atoms with Gasteiger partial charge in [-0.05, 0) is 6.42 Å². The Labute approximate surface area is 94.7 Å².